The molecule has 0 saturated heterocycles. The van der Waals surface area contributed by atoms with E-state index in [4.69, 9.17) is 4.74 Å². The van der Waals surface area contributed by atoms with Gasteiger partial charge in [0.1, 0.15) is 6.10 Å². The molecule has 0 aromatic carbocycles. The van der Waals surface area contributed by atoms with Crippen LogP contribution >= 0.6 is 0 Å². The number of carbonyl (C=O) groups excluding carboxylic acids is 1. The minimum absolute atomic E-state index is 0.142. The molecule has 3 heteroatoms. The van der Waals surface area contributed by atoms with Gasteiger partial charge in [-0.3, -0.25) is 4.79 Å². The Morgan fingerprint density at radius 2 is 2.17 bits per heavy atom. The molecule has 1 aliphatic carbocycles. The summed E-state index contributed by atoms with van der Waals surface area (Å²) in [5.74, 6) is -0.275. The molecule has 0 saturated carbocycles. The topological polar surface area (TPSA) is 46.5 Å². The van der Waals surface area contributed by atoms with Crippen molar-refractivity contribution in [1.29, 1.82) is 0 Å². The van der Waals surface area contributed by atoms with E-state index in [9.17, 15) is 9.90 Å². The van der Waals surface area contributed by atoms with Gasteiger partial charge in [0.05, 0.1) is 6.10 Å². The Labute approximate surface area is 72.0 Å². The summed E-state index contributed by atoms with van der Waals surface area (Å²) in [5, 5.41) is 9.33. The first kappa shape index (κ1) is 9.26. The fourth-order valence-corrected chi connectivity index (χ4v) is 1.33. The van der Waals surface area contributed by atoms with Gasteiger partial charge in [0, 0.05) is 19.8 Å². The summed E-state index contributed by atoms with van der Waals surface area (Å²) in [6.07, 6.45) is 5.29. The largest absolute Gasteiger partial charge is 0.462 e. The predicted molar refractivity (Wildman–Crippen MR) is 44.6 cm³/mol. The second kappa shape index (κ2) is 4.26. The van der Waals surface area contributed by atoms with Crippen molar-refractivity contribution in [2.75, 3.05) is 0 Å². The lowest BCUT2D eigenvalue weighted by Crippen LogP contribution is -2.20. The molecule has 3 nitrogen and oxygen atoms in total. The van der Waals surface area contributed by atoms with Gasteiger partial charge in [-0.2, -0.15) is 0 Å². The van der Waals surface area contributed by atoms with Crippen LogP contribution in [0.3, 0.4) is 0 Å². The molecule has 0 fully saturated rings. The highest BCUT2D eigenvalue weighted by atomic mass is 16.5. The number of hydrogen-bond acceptors (Lipinski definition) is 3. The minimum Gasteiger partial charge on any atom is -0.462 e. The normalized spacial score (nSPS) is 29.5. The highest BCUT2D eigenvalue weighted by molar-refractivity contribution is 5.66. The second-order valence-corrected chi connectivity index (χ2v) is 3.06. The molecule has 1 aliphatic rings. The van der Waals surface area contributed by atoms with Crippen molar-refractivity contribution in [2.24, 2.45) is 0 Å². The summed E-state index contributed by atoms with van der Waals surface area (Å²) in [6, 6.07) is 0. The molecule has 0 amide bonds. The van der Waals surface area contributed by atoms with Crippen molar-refractivity contribution in [2.45, 2.75) is 38.4 Å². The summed E-state index contributed by atoms with van der Waals surface area (Å²) in [7, 11) is 0. The van der Waals surface area contributed by atoms with E-state index < -0.39 is 0 Å². The number of aliphatic hydroxyl groups is 1. The van der Waals surface area contributed by atoms with E-state index >= 15 is 0 Å². The average Bonchev–Trinajstić information content (AvgIpc) is 2.12. The monoisotopic (exact) mass is 170 g/mol. The number of aliphatic hydroxyl groups excluding tert-OH is 1. The molecule has 2 unspecified atom stereocenters. The zero-order valence-electron chi connectivity index (χ0n) is 7.19. The maximum absolute atomic E-state index is 10.6. The highest BCUT2D eigenvalue weighted by Gasteiger charge is 2.17. The minimum atomic E-state index is -0.368. The molecule has 0 aromatic heterocycles. The van der Waals surface area contributed by atoms with Crippen LogP contribution in [-0.4, -0.2) is 23.3 Å². The standard InChI is InChI=1S/C9H14O3/c1-7(10)12-9-5-3-2-4-8(11)6-9/h2-3,8-9,11H,4-6H2,1H3. The third-order valence-corrected chi connectivity index (χ3v) is 1.84. The Bertz CT molecular complexity index is 186. The van der Waals surface area contributed by atoms with Gasteiger partial charge in [-0.15, -0.1) is 0 Å². The number of esters is 1. The van der Waals surface area contributed by atoms with E-state index in [2.05, 4.69) is 0 Å². The lowest BCUT2D eigenvalue weighted by atomic mass is 10.1. The van der Waals surface area contributed by atoms with Crippen molar-refractivity contribution in [3.8, 4) is 0 Å². The van der Waals surface area contributed by atoms with Crippen LogP contribution in [0.5, 0.6) is 0 Å². The van der Waals surface area contributed by atoms with Crippen molar-refractivity contribution >= 4 is 5.97 Å². The van der Waals surface area contributed by atoms with Gasteiger partial charge >= 0.3 is 5.97 Å². The van der Waals surface area contributed by atoms with E-state index in [1.54, 1.807) is 0 Å². The molecule has 0 aliphatic heterocycles. The van der Waals surface area contributed by atoms with Gasteiger partial charge in [-0.25, -0.2) is 0 Å². The highest BCUT2D eigenvalue weighted by Crippen LogP contribution is 2.15. The molecular weight excluding hydrogens is 156 g/mol. The van der Waals surface area contributed by atoms with Crippen molar-refractivity contribution in [3.05, 3.63) is 12.2 Å². The van der Waals surface area contributed by atoms with Crippen molar-refractivity contribution < 1.29 is 14.6 Å². The van der Waals surface area contributed by atoms with Crippen LogP contribution in [0.15, 0.2) is 12.2 Å². The molecular formula is C9H14O3. The SMILES string of the molecule is CC(=O)OC1CC=CCC(O)C1. The summed E-state index contributed by atoms with van der Waals surface area (Å²) in [4.78, 5) is 10.6. The molecule has 1 N–H and O–H groups in total. The smallest absolute Gasteiger partial charge is 0.302 e. The lowest BCUT2D eigenvalue weighted by Gasteiger charge is -2.15. The maximum atomic E-state index is 10.6. The lowest BCUT2D eigenvalue weighted by molar-refractivity contribution is -0.147. The molecule has 0 bridgehead atoms. The van der Waals surface area contributed by atoms with Gasteiger partial charge < -0.3 is 9.84 Å². The summed E-state index contributed by atoms with van der Waals surface area (Å²) >= 11 is 0. The van der Waals surface area contributed by atoms with E-state index in [1.165, 1.54) is 6.92 Å². The first-order valence-electron chi connectivity index (χ1n) is 4.18. The van der Waals surface area contributed by atoms with Crippen molar-refractivity contribution in [1.82, 2.24) is 0 Å². The number of ether oxygens (including phenoxy) is 1. The molecule has 68 valence electrons. The van der Waals surface area contributed by atoms with Gasteiger partial charge in [0.2, 0.25) is 0 Å². The van der Waals surface area contributed by atoms with E-state index in [1.807, 2.05) is 12.2 Å². The molecule has 0 aromatic rings. The Morgan fingerprint density at radius 1 is 1.50 bits per heavy atom. The summed E-state index contributed by atoms with van der Waals surface area (Å²) in [6.45, 7) is 1.39. The Hall–Kier alpha value is -0.830. The van der Waals surface area contributed by atoms with E-state index in [0.717, 1.165) is 6.42 Å². The van der Waals surface area contributed by atoms with Crippen LogP contribution in [0, 0.1) is 0 Å². The second-order valence-electron chi connectivity index (χ2n) is 3.06. The number of rotatable bonds is 1. The number of carbonyl (C=O) groups is 1. The van der Waals surface area contributed by atoms with Crippen LogP contribution in [0.25, 0.3) is 0 Å². The molecule has 12 heavy (non-hydrogen) atoms. The summed E-state index contributed by atoms with van der Waals surface area (Å²) < 4.78 is 4.99. The van der Waals surface area contributed by atoms with Crippen LogP contribution in [0.4, 0.5) is 0 Å². The quantitative estimate of drug-likeness (QED) is 0.472. The predicted octanol–water partition coefficient (Wildman–Crippen LogP) is 1.02. The Kier molecular flexibility index (Phi) is 3.29. The maximum Gasteiger partial charge on any atom is 0.302 e. The van der Waals surface area contributed by atoms with Crippen LogP contribution in [0.2, 0.25) is 0 Å². The first-order chi connectivity index (χ1) is 5.68. The van der Waals surface area contributed by atoms with Crippen LogP contribution in [0.1, 0.15) is 26.2 Å². The van der Waals surface area contributed by atoms with Crippen LogP contribution in [-0.2, 0) is 9.53 Å². The van der Waals surface area contributed by atoms with Gasteiger partial charge in [-0.1, -0.05) is 12.2 Å². The van der Waals surface area contributed by atoms with Gasteiger partial charge in [0.15, 0.2) is 0 Å². The van der Waals surface area contributed by atoms with Gasteiger partial charge in [0.25, 0.3) is 0 Å². The zero-order valence-corrected chi connectivity index (χ0v) is 7.19. The Morgan fingerprint density at radius 3 is 2.83 bits per heavy atom. The third kappa shape index (κ3) is 3.05. The van der Waals surface area contributed by atoms with Crippen molar-refractivity contribution in [3.63, 3.8) is 0 Å². The zero-order chi connectivity index (χ0) is 8.97. The van der Waals surface area contributed by atoms with E-state index in [-0.39, 0.29) is 18.2 Å². The first-order valence-corrected chi connectivity index (χ1v) is 4.18. The molecule has 0 heterocycles. The molecule has 1 rings (SSSR count). The van der Waals surface area contributed by atoms with E-state index in [0.29, 0.717) is 12.8 Å². The van der Waals surface area contributed by atoms with Gasteiger partial charge in [-0.05, 0) is 6.42 Å². The average molecular weight is 170 g/mol. The number of hydrogen-bond donors (Lipinski definition) is 1. The fraction of sp³-hybridized carbons (Fsp3) is 0.667. The molecule has 2 atom stereocenters. The Balaban J connectivity index is 2.42. The molecule has 0 radical (unpaired) electrons. The summed E-state index contributed by atoms with van der Waals surface area (Å²) in [5.41, 5.74) is 0. The fourth-order valence-electron chi connectivity index (χ4n) is 1.33. The third-order valence-electron chi connectivity index (χ3n) is 1.84. The molecule has 0 spiro atoms. The van der Waals surface area contributed by atoms with Crippen LogP contribution < -0.4 is 0 Å².